The number of hydrogen-bond acceptors (Lipinski definition) is 5. The number of urea groups is 1. The third-order valence-electron chi connectivity index (χ3n) is 3.24. The van der Waals surface area contributed by atoms with Gasteiger partial charge in [-0.1, -0.05) is 11.3 Å². The number of hydrogen-bond donors (Lipinski definition) is 1. The monoisotopic (exact) mass is 390 g/mol. The van der Waals surface area contributed by atoms with Gasteiger partial charge in [-0.2, -0.15) is 0 Å². The van der Waals surface area contributed by atoms with Crippen molar-refractivity contribution >= 4 is 32.7 Å². The number of anilines is 1. The first-order chi connectivity index (χ1) is 12.0. The summed E-state index contributed by atoms with van der Waals surface area (Å²) in [4.78, 5) is 20.3. The maximum atomic E-state index is 12.5. The second-order valence-corrected chi connectivity index (χ2v) is 7.24. The molecule has 1 aromatic carbocycles. The third kappa shape index (κ3) is 5.73. The number of nitrogens with zero attached hydrogens (tertiary/aromatic N) is 3. The highest BCUT2D eigenvalue weighted by atomic mass is 32.1. The van der Waals surface area contributed by atoms with Crippen LogP contribution >= 0.6 is 11.3 Å². The summed E-state index contributed by atoms with van der Waals surface area (Å²) in [6.45, 7) is 4.71. The van der Waals surface area contributed by atoms with E-state index in [1.807, 2.05) is 32.8 Å². The lowest BCUT2D eigenvalue weighted by molar-refractivity contribution is -0.274. The van der Waals surface area contributed by atoms with Crippen molar-refractivity contribution in [3.8, 4) is 5.75 Å². The SMILES string of the molecule is CC(C)NC(=O)N(CCN(C)C)c1nc2ccc(OC(F)(F)F)cc2s1. The van der Waals surface area contributed by atoms with Crippen molar-refractivity contribution in [1.82, 2.24) is 15.2 Å². The first-order valence-electron chi connectivity index (χ1n) is 7.94. The van der Waals surface area contributed by atoms with Crippen molar-refractivity contribution in [2.24, 2.45) is 0 Å². The lowest BCUT2D eigenvalue weighted by Crippen LogP contribution is -2.45. The van der Waals surface area contributed by atoms with E-state index in [-0.39, 0.29) is 17.8 Å². The zero-order valence-corrected chi connectivity index (χ0v) is 15.7. The lowest BCUT2D eigenvalue weighted by atomic mass is 10.3. The summed E-state index contributed by atoms with van der Waals surface area (Å²) in [5, 5.41) is 3.23. The van der Waals surface area contributed by atoms with E-state index < -0.39 is 6.36 Å². The van der Waals surface area contributed by atoms with Crippen LogP contribution in [-0.2, 0) is 0 Å². The van der Waals surface area contributed by atoms with Crippen LogP contribution < -0.4 is 15.0 Å². The number of nitrogens with one attached hydrogen (secondary N) is 1. The van der Waals surface area contributed by atoms with Crippen molar-refractivity contribution in [2.75, 3.05) is 32.1 Å². The Morgan fingerprint density at radius 2 is 2.00 bits per heavy atom. The predicted molar refractivity (Wildman–Crippen MR) is 95.9 cm³/mol. The molecule has 1 aromatic heterocycles. The number of benzene rings is 1. The molecule has 1 N–H and O–H groups in total. The predicted octanol–water partition coefficient (Wildman–Crippen LogP) is 3.68. The molecule has 0 bridgehead atoms. The van der Waals surface area contributed by atoms with Crippen molar-refractivity contribution in [2.45, 2.75) is 26.3 Å². The summed E-state index contributed by atoms with van der Waals surface area (Å²) in [5.74, 6) is -0.313. The maximum Gasteiger partial charge on any atom is 0.573 e. The molecule has 26 heavy (non-hydrogen) atoms. The average molecular weight is 390 g/mol. The van der Waals surface area contributed by atoms with Crippen LogP contribution in [0.5, 0.6) is 5.75 Å². The summed E-state index contributed by atoms with van der Waals surface area (Å²) >= 11 is 1.14. The number of carbonyl (C=O) groups excluding carboxylic acids is 1. The zero-order valence-electron chi connectivity index (χ0n) is 14.9. The molecular formula is C16H21F3N4O2S. The van der Waals surface area contributed by atoms with Gasteiger partial charge in [0.2, 0.25) is 0 Å². The highest BCUT2D eigenvalue weighted by Gasteiger charge is 2.31. The second kappa shape index (κ2) is 8.09. The molecule has 144 valence electrons. The largest absolute Gasteiger partial charge is 0.573 e. The third-order valence-corrected chi connectivity index (χ3v) is 4.28. The number of alkyl halides is 3. The van der Waals surface area contributed by atoms with E-state index in [0.29, 0.717) is 28.4 Å². The average Bonchev–Trinajstić information content (AvgIpc) is 2.87. The minimum Gasteiger partial charge on any atom is -0.406 e. The fourth-order valence-corrected chi connectivity index (χ4v) is 3.13. The van der Waals surface area contributed by atoms with Crippen molar-refractivity contribution in [3.63, 3.8) is 0 Å². The molecule has 6 nitrogen and oxygen atoms in total. The van der Waals surface area contributed by atoms with Crippen LogP contribution in [0.2, 0.25) is 0 Å². The Bertz CT molecular complexity index is 762. The van der Waals surface area contributed by atoms with Crippen LogP contribution in [-0.4, -0.2) is 55.5 Å². The minimum atomic E-state index is -4.75. The molecule has 0 aliphatic heterocycles. The van der Waals surface area contributed by atoms with Gasteiger partial charge in [0.25, 0.3) is 0 Å². The zero-order chi connectivity index (χ0) is 19.5. The minimum absolute atomic E-state index is 0.0504. The molecule has 2 aromatic rings. The Kier molecular flexibility index (Phi) is 6.30. The number of thiazole rings is 1. The van der Waals surface area contributed by atoms with Crippen LogP contribution in [0.25, 0.3) is 10.2 Å². The molecule has 2 amide bonds. The highest BCUT2D eigenvalue weighted by Crippen LogP contribution is 2.33. The molecule has 0 spiro atoms. The molecule has 0 atom stereocenters. The smallest absolute Gasteiger partial charge is 0.406 e. The molecule has 0 aliphatic carbocycles. The van der Waals surface area contributed by atoms with Crippen LogP contribution in [0.4, 0.5) is 23.1 Å². The van der Waals surface area contributed by atoms with Crippen LogP contribution in [0.1, 0.15) is 13.8 Å². The normalized spacial score (nSPS) is 12.0. The van der Waals surface area contributed by atoms with Gasteiger partial charge in [-0.25, -0.2) is 9.78 Å². The standard InChI is InChI=1S/C16H21F3N4O2S/c1-10(2)20-14(24)23(8-7-22(3)4)15-21-12-6-5-11(9-13(12)26-15)25-16(17,18)19/h5-6,9-10H,7-8H2,1-4H3,(H,20,24). The Hall–Kier alpha value is -2.07. The molecule has 0 saturated heterocycles. The number of fused-ring (bicyclic) bond motifs is 1. The Balaban J connectivity index is 2.31. The van der Waals surface area contributed by atoms with Gasteiger partial charge in [0.05, 0.1) is 10.2 Å². The number of amides is 2. The van der Waals surface area contributed by atoms with Gasteiger partial charge in [-0.05, 0) is 40.1 Å². The molecular weight excluding hydrogens is 369 g/mol. The highest BCUT2D eigenvalue weighted by molar-refractivity contribution is 7.22. The van der Waals surface area contributed by atoms with Gasteiger partial charge in [0.15, 0.2) is 5.13 Å². The fourth-order valence-electron chi connectivity index (χ4n) is 2.11. The number of carbonyl (C=O) groups is 1. The van der Waals surface area contributed by atoms with Gasteiger partial charge in [-0.3, -0.25) is 4.90 Å². The summed E-state index contributed by atoms with van der Waals surface area (Å²) < 4.78 is 41.6. The first-order valence-corrected chi connectivity index (χ1v) is 8.76. The molecule has 0 radical (unpaired) electrons. The van der Waals surface area contributed by atoms with E-state index in [4.69, 9.17) is 0 Å². The lowest BCUT2D eigenvalue weighted by Gasteiger charge is -2.23. The quantitative estimate of drug-likeness (QED) is 0.818. The van der Waals surface area contributed by atoms with Gasteiger partial charge in [0, 0.05) is 25.2 Å². The number of ether oxygens (including phenoxy) is 1. The van der Waals surface area contributed by atoms with E-state index in [1.165, 1.54) is 23.1 Å². The molecule has 0 unspecified atom stereocenters. The maximum absolute atomic E-state index is 12.5. The summed E-state index contributed by atoms with van der Waals surface area (Å²) in [5.41, 5.74) is 0.506. The first kappa shape index (κ1) is 20.2. The Labute approximate surface area is 153 Å². The van der Waals surface area contributed by atoms with E-state index in [2.05, 4.69) is 15.0 Å². The van der Waals surface area contributed by atoms with Gasteiger partial charge in [-0.15, -0.1) is 13.2 Å². The van der Waals surface area contributed by atoms with Crippen LogP contribution in [0.3, 0.4) is 0 Å². The molecule has 10 heteroatoms. The number of aromatic nitrogens is 1. The summed E-state index contributed by atoms with van der Waals surface area (Å²) in [6, 6.07) is 3.57. The molecule has 0 aliphatic rings. The Morgan fingerprint density at radius 3 is 2.58 bits per heavy atom. The summed E-state index contributed by atoms with van der Waals surface area (Å²) in [6.07, 6.45) is -4.75. The van der Waals surface area contributed by atoms with Crippen LogP contribution in [0, 0.1) is 0 Å². The fraction of sp³-hybridized carbons (Fsp3) is 0.500. The van der Waals surface area contributed by atoms with Gasteiger partial charge >= 0.3 is 12.4 Å². The number of rotatable bonds is 6. The molecule has 2 rings (SSSR count). The number of halogens is 3. The Morgan fingerprint density at radius 1 is 1.31 bits per heavy atom. The molecule has 0 fully saturated rings. The number of likely N-dealkylation sites (N-methyl/N-ethyl adjacent to an activating group) is 1. The van der Waals surface area contributed by atoms with Crippen molar-refractivity contribution in [3.05, 3.63) is 18.2 Å². The molecule has 0 saturated carbocycles. The van der Waals surface area contributed by atoms with Gasteiger partial charge in [0.1, 0.15) is 5.75 Å². The van der Waals surface area contributed by atoms with Crippen molar-refractivity contribution in [1.29, 1.82) is 0 Å². The van der Waals surface area contributed by atoms with E-state index >= 15 is 0 Å². The van der Waals surface area contributed by atoms with E-state index in [1.54, 1.807) is 0 Å². The van der Waals surface area contributed by atoms with Crippen molar-refractivity contribution < 1.29 is 22.7 Å². The molecule has 1 heterocycles. The van der Waals surface area contributed by atoms with E-state index in [9.17, 15) is 18.0 Å². The summed E-state index contributed by atoms with van der Waals surface area (Å²) in [7, 11) is 3.77. The van der Waals surface area contributed by atoms with Gasteiger partial charge < -0.3 is 15.0 Å². The second-order valence-electron chi connectivity index (χ2n) is 6.23. The van der Waals surface area contributed by atoms with E-state index in [0.717, 1.165) is 11.3 Å². The topological polar surface area (TPSA) is 57.7 Å². The van der Waals surface area contributed by atoms with Crippen LogP contribution in [0.15, 0.2) is 18.2 Å².